The Morgan fingerprint density at radius 3 is 1.24 bits per heavy atom. The van der Waals surface area contributed by atoms with E-state index in [9.17, 15) is 81.1 Å². The molecule has 4 aliphatic heterocycles. The number of carbonyl (C=O) groups excluding carboxylic acids is 2. The van der Waals surface area contributed by atoms with Crippen molar-refractivity contribution in [3.8, 4) is 0 Å². The van der Waals surface area contributed by atoms with Crippen LogP contribution in [0, 0.1) is 0 Å². The van der Waals surface area contributed by atoms with Crippen molar-refractivity contribution in [1.82, 2.24) is 0 Å². The van der Waals surface area contributed by atoms with Crippen molar-refractivity contribution in [3.63, 3.8) is 0 Å². The molecule has 20 atom stereocenters. The van der Waals surface area contributed by atoms with Crippen LogP contribution in [0.5, 0.6) is 0 Å². The molecule has 0 aromatic rings. The zero-order valence-corrected chi connectivity index (χ0v) is 37.5. The summed E-state index contributed by atoms with van der Waals surface area (Å²) in [5, 5.41) is 142. The van der Waals surface area contributed by atoms with Crippen LogP contribution >= 0.6 is 0 Å². The Bertz CT molecular complexity index is 1860. The number of hydrogen-bond donors (Lipinski definition) is 14. The summed E-state index contributed by atoms with van der Waals surface area (Å²) < 4.78 is 42.4. The molecule has 68 heavy (non-hydrogen) atoms. The van der Waals surface area contributed by atoms with Gasteiger partial charge in [0.1, 0.15) is 91.6 Å². The van der Waals surface area contributed by atoms with E-state index >= 15 is 0 Å². The summed E-state index contributed by atoms with van der Waals surface area (Å²) in [7, 11) is 0. The Kier molecular flexibility index (Phi) is 22.2. The van der Waals surface area contributed by atoms with Crippen molar-refractivity contribution in [1.29, 1.82) is 0 Å². The standard InChI is InChI=1S/C44H64O24/c1-19(11-7-13-21(3)39(58)67-38-34(54)30(50)25(63-41(38)60)17-61-42-35(55)31(51)27(47)23(15-45)64-42)9-5-6-10-20(2)12-8-14-22(4)40(59)68-44-37(57)33(53)29(49)26(66-44)18-62-43-36(56)32(52)28(48)24(16-46)65-43/h5-14,23-38,41-57,60H,15-18H2,1-4H3/b6-5+,11-7+,12-8+,19-9+,20-10+,21-13+,22-14+/t23-,24-,25-,26-,27-,28-,29-,30-,31+,32+,33+,34+,35-,36-,37-,38-,41+,42-,43-,44+/m1/s1. The van der Waals surface area contributed by atoms with Crippen LogP contribution in [0.25, 0.3) is 0 Å². The Morgan fingerprint density at radius 1 is 0.426 bits per heavy atom. The minimum Gasteiger partial charge on any atom is -0.451 e. The average Bonchev–Trinajstić information content (AvgIpc) is 3.31. The minimum absolute atomic E-state index is 0.0693. The maximum Gasteiger partial charge on any atom is 0.336 e. The van der Waals surface area contributed by atoms with Crippen molar-refractivity contribution in [2.75, 3.05) is 26.4 Å². The van der Waals surface area contributed by atoms with Gasteiger partial charge in [0.15, 0.2) is 25.0 Å². The van der Waals surface area contributed by atoms with E-state index in [2.05, 4.69) is 0 Å². The van der Waals surface area contributed by atoms with E-state index < -0.39 is 161 Å². The molecule has 0 aromatic heterocycles. The second kappa shape index (κ2) is 26.5. The molecule has 24 nitrogen and oxygen atoms in total. The van der Waals surface area contributed by atoms with E-state index in [0.717, 1.165) is 11.1 Å². The Labute approximate surface area is 390 Å². The molecule has 24 heteroatoms. The van der Waals surface area contributed by atoms with Gasteiger partial charge in [-0.05, 0) is 27.7 Å². The molecule has 0 bridgehead atoms. The van der Waals surface area contributed by atoms with Gasteiger partial charge in [0.2, 0.25) is 6.29 Å². The minimum atomic E-state index is -1.91. The second-order valence-electron chi connectivity index (χ2n) is 16.5. The number of aliphatic hydroxyl groups is 14. The third kappa shape index (κ3) is 14.9. The Hall–Kier alpha value is -3.68. The van der Waals surface area contributed by atoms with Gasteiger partial charge < -0.3 is 109 Å². The first-order valence-electron chi connectivity index (χ1n) is 21.5. The normalized spacial score (nSPS) is 40.3. The van der Waals surface area contributed by atoms with Crippen LogP contribution in [-0.2, 0) is 47.5 Å². The molecular weight excluding hydrogens is 912 g/mol. The molecule has 14 N–H and O–H groups in total. The van der Waals surface area contributed by atoms with Crippen LogP contribution < -0.4 is 0 Å². The number of ether oxygens (including phenoxy) is 8. The molecular formula is C44H64O24. The van der Waals surface area contributed by atoms with E-state index in [4.69, 9.17) is 37.9 Å². The first-order valence-corrected chi connectivity index (χ1v) is 21.5. The van der Waals surface area contributed by atoms with Crippen molar-refractivity contribution in [2.24, 2.45) is 0 Å². The van der Waals surface area contributed by atoms with Crippen molar-refractivity contribution < 1.29 is 119 Å². The molecule has 0 aromatic carbocycles. The van der Waals surface area contributed by atoms with E-state index in [1.165, 1.54) is 26.0 Å². The zero-order valence-electron chi connectivity index (χ0n) is 37.5. The van der Waals surface area contributed by atoms with Crippen LogP contribution in [-0.4, -0.2) is 233 Å². The summed E-state index contributed by atoms with van der Waals surface area (Å²) in [6.45, 7) is 3.81. The molecule has 0 spiro atoms. The van der Waals surface area contributed by atoms with E-state index in [1.807, 2.05) is 0 Å². The quantitative estimate of drug-likeness (QED) is 0.0347. The molecule has 0 saturated carbocycles. The summed E-state index contributed by atoms with van der Waals surface area (Å²) in [6, 6.07) is 0. The molecule has 4 fully saturated rings. The smallest absolute Gasteiger partial charge is 0.336 e. The lowest BCUT2D eigenvalue weighted by Gasteiger charge is -2.42. The van der Waals surface area contributed by atoms with Crippen molar-refractivity contribution in [3.05, 3.63) is 83.1 Å². The third-order valence-electron chi connectivity index (χ3n) is 11.2. The number of aliphatic hydroxyl groups excluding tert-OH is 14. The number of carbonyl (C=O) groups is 2. The highest BCUT2D eigenvalue weighted by Gasteiger charge is 2.50. The second-order valence-corrected chi connectivity index (χ2v) is 16.5. The summed E-state index contributed by atoms with van der Waals surface area (Å²) >= 11 is 0. The Morgan fingerprint density at radius 2 is 0.794 bits per heavy atom. The van der Waals surface area contributed by atoms with Gasteiger partial charge in [-0.25, -0.2) is 9.59 Å². The first-order chi connectivity index (χ1) is 32.1. The molecule has 384 valence electrons. The molecule has 4 aliphatic rings. The van der Waals surface area contributed by atoms with Crippen LogP contribution in [0.3, 0.4) is 0 Å². The molecule has 4 rings (SSSR count). The fraction of sp³-hybridized carbons (Fsp3) is 0.636. The predicted octanol–water partition coefficient (Wildman–Crippen LogP) is -5.23. The predicted molar refractivity (Wildman–Crippen MR) is 227 cm³/mol. The maximum atomic E-state index is 12.8. The van der Waals surface area contributed by atoms with Gasteiger partial charge in [-0.15, -0.1) is 0 Å². The van der Waals surface area contributed by atoms with E-state index in [-0.39, 0.29) is 11.1 Å². The van der Waals surface area contributed by atoms with Gasteiger partial charge in [0.05, 0.1) is 26.4 Å². The third-order valence-corrected chi connectivity index (χ3v) is 11.2. The lowest BCUT2D eigenvalue weighted by molar-refractivity contribution is -0.326. The summed E-state index contributed by atoms with van der Waals surface area (Å²) in [4.78, 5) is 25.6. The molecule has 0 aliphatic carbocycles. The lowest BCUT2D eigenvalue weighted by atomic mass is 9.98. The van der Waals surface area contributed by atoms with E-state index in [1.54, 1.807) is 62.5 Å². The van der Waals surface area contributed by atoms with Crippen LogP contribution in [0.1, 0.15) is 27.7 Å². The first kappa shape index (κ1) is 56.9. The summed E-state index contributed by atoms with van der Waals surface area (Å²) in [6.07, 6.45) is -16.8. The molecule has 0 amide bonds. The highest BCUT2D eigenvalue weighted by Crippen LogP contribution is 2.28. The number of rotatable bonds is 18. The summed E-state index contributed by atoms with van der Waals surface area (Å²) in [5.41, 5.74) is 1.68. The molecule has 4 saturated heterocycles. The number of allylic oxidation sites excluding steroid dienone is 12. The van der Waals surface area contributed by atoms with Crippen LogP contribution in [0.4, 0.5) is 0 Å². The van der Waals surface area contributed by atoms with Gasteiger partial charge in [0.25, 0.3) is 0 Å². The maximum absolute atomic E-state index is 12.8. The number of esters is 2. The highest BCUT2D eigenvalue weighted by atomic mass is 16.7. The van der Waals surface area contributed by atoms with Gasteiger partial charge in [0, 0.05) is 11.1 Å². The van der Waals surface area contributed by atoms with Gasteiger partial charge in [-0.3, -0.25) is 0 Å². The largest absolute Gasteiger partial charge is 0.451 e. The van der Waals surface area contributed by atoms with Gasteiger partial charge >= 0.3 is 11.9 Å². The fourth-order valence-electron chi connectivity index (χ4n) is 6.89. The lowest BCUT2D eigenvalue weighted by Crippen LogP contribution is -2.62. The van der Waals surface area contributed by atoms with Crippen molar-refractivity contribution in [2.45, 2.75) is 151 Å². The zero-order chi connectivity index (χ0) is 50.6. The molecule has 0 unspecified atom stereocenters. The van der Waals surface area contributed by atoms with Crippen LogP contribution in [0.2, 0.25) is 0 Å². The average molecular weight is 977 g/mol. The Balaban J connectivity index is 1.21. The molecule has 0 radical (unpaired) electrons. The van der Waals surface area contributed by atoms with Crippen LogP contribution in [0.15, 0.2) is 83.1 Å². The topological polar surface area (TPSA) is 391 Å². The molecule has 4 heterocycles. The fourth-order valence-corrected chi connectivity index (χ4v) is 6.89. The number of hydrogen-bond acceptors (Lipinski definition) is 24. The van der Waals surface area contributed by atoms with Crippen molar-refractivity contribution >= 4 is 11.9 Å². The highest BCUT2D eigenvalue weighted by molar-refractivity contribution is 5.88. The van der Waals surface area contributed by atoms with Gasteiger partial charge in [-0.2, -0.15) is 0 Å². The SMILES string of the molecule is CC(/C=C/C=C(\C)C(=O)O[C@@H]1O[C@H](CO[C@@H]2O[C@H](CO)[C@@H](O)[C@H](O)[C@H]2O)[C@@H](O)[C@H](O)[C@H]1O)=C\C=C\C=C(C)\C=C\C=C(/C)C(=O)O[C@@H]1[C@@H](O)[C@H](O)[C@@H](CO[C@@H]2O[C@H](CO)[C@@H](O)[C@H](O)[C@H]2O)O[C@@H]1O. The summed E-state index contributed by atoms with van der Waals surface area (Å²) in [5.74, 6) is -1.87. The van der Waals surface area contributed by atoms with Gasteiger partial charge in [-0.1, -0.05) is 71.9 Å². The monoisotopic (exact) mass is 976 g/mol. The van der Waals surface area contributed by atoms with E-state index in [0.29, 0.717) is 0 Å².